The molecule has 18 atom stereocenters. The summed E-state index contributed by atoms with van der Waals surface area (Å²) in [5, 5.41) is 58.8. The highest BCUT2D eigenvalue weighted by atomic mass is 35.5. The molecule has 8 unspecified atom stereocenters. The van der Waals surface area contributed by atoms with E-state index in [-0.39, 0.29) is 54.1 Å². The van der Waals surface area contributed by atoms with Gasteiger partial charge in [0.25, 0.3) is 10.0 Å². The molecule has 3 aliphatic heterocycles. The average Bonchev–Trinajstić information content (AvgIpc) is 1.48. The number of sulfonamides is 1. The van der Waals surface area contributed by atoms with Crippen LogP contribution in [0, 0.1) is 17.8 Å². The molecule has 5 heterocycles. The van der Waals surface area contributed by atoms with E-state index in [1.807, 2.05) is 82.9 Å². The second kappa shape index (κ2) is 30.5. The van der Waals surface area contributed by atoms with Crippen LogP contribution in [-0.2, 0) is 49.7 Å². The SMILES string of the molecule is CC[C@H]1OC(=O)[C@H](C)[C@@H](OC2CC(C)(OC)C(O)C(C)O2)[C@H](C)[C@@H](OC2OC(C)CC(N(C)C)C2O)[C@](C)(O)C[C@@H](C)CN(C)[C@H](C)[C@@H](O)[C@]1(C)O.CCc1nc(N)nc(N)c1-c1ccc(Cl)cc1.Nc1ccc(S(=O)(=O)Nc2ncccn2)cc1. The highest BCUT2D eigenvalue weighted by molar-refractivity contribution is 7.92. The summed E-state index contributed by atoms with van der Waals surface area (Å²) in [6.45, 7) is 20.0. The van der Waals surface area contributed by atoms with Crippen LogP contribution in [0.15, 0.2) is 71.9 Å². The van der Waals surface area contributed by atoms with E-state index >= 15 is 0 Å². The predicted molar refractivity (Wildman–Crippen MR) is 329 cm³/mol. The highest BCUT2D eigenvalue weighted by Gasteiger charge is 2.53. The van der Waals surface area contributed by atoms with Crippen LogP contribution in [0.25, 0.3) is 11.1 Å². The minimum atomic E-state index is -3.66. The van der Waals surface area contributed by atoms with E-state index in [4.69, 9.17) is 57.2 Å². The van der Waals surface area contributed by atoms with Gasteiger partial charge in [0.1, 0.15) is 35.8 Å². The molecule has 24 nitrogen and oxygen atoms in total. The Hall–Kier alpha value is -4.97. The largest absolute Gasteiger partial charge is 0.459 e. The van der Waals surface area contributed by atoms with Crippen molar-refractivity contribution in [2.24, 2.45) is 17.8 Å². The minimum absolute atomic E-state index is 0.0318. The van der Waals surface area contributed by atoms with E-state index < -0.39 is 106 Å². The zero-order valence-corrected chi connectivity index (χ0v) is 53.9. The number of halogens is 1. The molecule has 0 bridgehead atoms. The van der Waals surface area contributed by atoms with Crippen LogP contribution < -0.4 is 21.9 Å². The Labute approximate surface area is 512 Å². The first-order chi connectivity index (χ1) is 40.1. The van der Waals surface area contributed by atoms with Crippen molar-refractivity contribution in [3.63, 3.8) is 0 Å². The number of aryl methyl sites for hydroxylation is 1. The molecule has 2 aromatic carbocycles. The van der Waals surface area contributed by atoms with Crippen molar-refractivity contribution >= 4 is 51.0 Å². The molecule has 26 heteroatoms. The molecule has 0 amide bonds. The van der Waals surface area contributed by atoms with Crippen molar-refractivity contribution in [1.29, 1.82) is 0 Å². The van der Waals surface area contributed by atoms with Crippen LogP contribution in [0.3, 0.4) is 0 Å². The standard InChI is InChI=1S/C38H72N2O12.C12H13ClN4.C10H10N4O2S/c1-15-27-38(10,46)31(42)24(6)40(13)19-20(2)17-36(8,45)33(52-35-29(41)26(39(11)12)16-21(3)48-35)22(4)30(23(5)34(44)50-27)51-28-18-37(9,47-14)32(43)25(7)49-28;1-2-9-10(11(14)17-12(15)16-9)7-3-5-8(13)6-4-7;11-8-2-4-9(5-3-8)17(15,16)14-10-12-6-1-7-13-10/h20-33,35,41-43,45-46H,15-19H2,1-14H3;3-6H,2H2,1H3,(H4,14,15,16,17);1-7H,11H2,(H,12,13,14)/t20-,21?,22+,23-,24-,25?,26?,27-,28?,29?,30+,31-,32?,33-,35?,36-,37?,38-;;/m1../s1. The molecular formula is C60H95ClN10O14S. The molecule has 3 saturated heterocycles. The van der Waals surface area contributed by atoms with Crippen molar-refractivity contribution in [3.8, 4) is 11.1 Å². The van der Waals surface area contributed by atoms with Crippen LogP contribution in [0.4, 0.5) is 23.4 Å². The molecule has 3 aliphatic rings. The maximum absolute atomic E-state index is 14.2. The number of nitrogens with one attached hydrogen (secondary N) is 1. The van der Waals surface area contributed by atoms with Gasteiger partial charge in [-0.1, -0.05) is 51.4 Å². The third-order valence-corrected chi connectivity index (χ3v) is 18.3. The third kappa shape index (κ3) is 18.1. The van der Waals surface area contributed by atoms with E-state index in [0.29, 0.717) is 29.5 Å². The number of anilines is 4. The Morgan fingerprint density at radius 2 is 1.49 bits per heavy atom. The Morgan fingerprint density at radius 1 is 0.872 bits per heavy atom. The van der Waals surface area contributed by atoms with Crippen LogP contribution in [-0.4, -0.2) is 195 Å². The zero-order chi connectivity index (χ0) is 64.4. The molecule has 86 heavy (non-hydrogen) atoms. The lowest BCUT2D eigenvalue weighted by molar-refractivity contribution is -0.318. The van der Waals surface area contributed by atoms with E-state index in [1.165, 1.54) is 50.7 Å². The van der Waals surface area contributed by atoms with Gasteiger partial charge in [-0.25, -0.2) is 28.1 Å². The number of ether oxygens (including phenoxy) is 6. The summed E-state index contributed by atoms with van der Waals surface area (Å²) in [5.74, 6) is -1.95. The van der Waals surface area contributed by atoms with Gasteiger partial charge in [0.15, 0.2) is 12.6 Å². The molecular weight excluding hydrogens is 1150 g/mol. The number of nitrogens with zero attached hydrogens (tertiary/aromatic N) is 6. The van der Waals surface area contributed by atoms with Crippen molar-refractivity contribution in [2.45, 2.75) is 203 Å². The fourth-order valence-corrected chi connectivity index (χ4v) is 12.7. The van der Waals surface area contributed by atoms with Crippen molar-refractivity contribution in [2.75, 3.05) is 56.7 Å². The van der Waals surface area contributed by atoms with E-state index in [9.17, 15) is 38.7 Å². The molecule has 7 rings (SSSR count). The lowest BCUT2D eigenvalue weighted by atomic mass is 9.77. The molecule has 0 saturated carbocycles. The molecule has 0 aliphatic carbocycles. The number of hydrogen-bond donors (Lipinski definition) is 9. The van der Waals surface area contributed by atoms with Gasteiger partial charge >= 0.3 is 5.97 Å². The topological polar surface area (TPSA) is 356 Å². The number of aromatic nitrogens is 4. The van der Waals surface area contributed by atoms with Gasteiger partial charge in [0.2, 0.25) is 11.9 Å². The third-order valence-electron chi connectivity index (χ3n) is 16.7. The maximum atomic E-state index is 14.2. The number of rotatable bonds is 12. The normalized spacial score (nSPS) is 34.3. The molecule has 4 aromatic rings. The summed E-state index contributed by atoms with van der Waals surface area (Å²) in [6, 6.07) is 14.1. The molecule has 482 valence electrons. The molecule has 0 spiro atoms. The molecule has 12 N–H and O–H groups in total. The maximum Gasteiger partial charge on any atom is 0.311 e. The quantitative estimate of drug-likeness (QED) is 0.0643. The Kier molecular flexibility index (Phi) is 25.5. The summed E-state index contributed by atoms with van der Waals surface area (Å²) >= 11 is 5.86. The fourth-order valence-electron chi connectivity index (χ4n) is 11.6. The van der Waals surface area contributed by atoms with Crippen molar-refractivity contribution in [3.05, 3.63) is 77.7 Å². The number of likely N-dealkylation sites (N-methyl/N-ethyl adjacent to an activating group) is 2. The first-order valence-corrected chi connectivity index (χ1v) is 31.0. The first kappa shape index (κ1) is 71.8. The fraction of sp³-hybridized carbons (Fsp3) is 0.650. The number of cyclic esters (lactones) is 1. The number of carbonyl (C=O) groups excluding carboxylic acids is 1. The number of benzene rings is 2. The van der Waals surface area contributed by atoms with Gasteiger partial charge in [-0.2, -0.15) is 4.98 Å². The van der Waals surface area contributed by atoms with Gasteiger partial charge in [-0.3, -0.25) is 4.79 Å². The van der Waals surface area contributed by atoms with E-state index in [1.54, 1.807) is 47.6 Å². The van der Waals surface area contributed by atoms with E-state index in [2.05, 4.69) is 24.7 Å². The lowest BCUT2D eigenvalue weighted by Crippen LogP contribution is -2.60. The summed E-state index contributed by atoms with van der Waals surface area (Å²) in [5.41, 5.74) is 15.7. The zero-order valence-electron chi connectivity index (χ0n) is 52.4. The van der Waals surface area contributed by atoms with Crippen LogP contribution in [0.1, 0.15) is 108 Å². The highest BCUT2D eigenvalue weighted by Crippen LogP contribution is 2.41. The number of nitrogen functional groups attached to an aromatic ring is 3. The molecule has 3 fully saturated rings. The predicted octanol–water partition coefficient (Wildman–Crippen LogP) is 5.28. The first-order valence-electron chi connectivity index (χ1n) is 29.2. The molecule has 2 aromatic heterocycles. The minimum Gasteiger partial charge on any atom is -0.459 e. The Bertz CT molecular complexity index is 2890. The number of nitrogens with two attached hydrogens (primary N) is 3. The van der Waals surface area contributed by atoms with Crippen molar-refractivity contribution < 1.29 is 67.2 Å². The lowest BCUT2D eigenvalue weighted by Gasteiger charge is -2.48. The summed E-state index contributed by atoms with van der Waals surface area (Å²) in [7, 11) is 3.46. The van der Waals surface area contributed by atoms with Gasteiger partial charge in [0.05, 0.1) is 52.1 Å². The van der Waals surface area contributed by atoms with Gasteiger partial charge in [-0.05, 0) is 149 Å². The number of methoxy groups -OCH3 is 1. The van der Waals surface area contributed by atoms with E-state index in [0.717, 1.165) is 23.2 Å². The van der Waals surface area contributed by atoms with Crippen LogP contribution in [0.2, 0.25) is 5.02 Å². The summed E-state index contributed by atoms with van der Waals surface area (Å²) < 4.78 is 63.6. The van der Waals surface area contributed by atoms with Crippen LogP contribution in [0.5, 0.6) is 0 Å². The Morgan fingerprint density at radius 3 is 2.06 bits per heavy atom. The second-order valence-electron chi connectivity index (χ2n) is 24.1. The summed E-state index contributed by atoms with van der Waals surface area (Å²) in [4.78, 5) is 33.9. The van der Waals surface area contributed by atoms with Crippen LogP contribution >= 0.6 is 11.6 Å². The monoisotopic (exact) mass is 1250 g/mol. The van der Waals surface area contributed by atoms with Gasteiger partial charge in [0, 0.05) is 66.7 Å². The number of aliphatic hydroxyl groups excluding tert-OH is 3. The number of aliphatic hydroxyl groups is 5. The number of esters is 1. The van der Waals surface area contributed by atoms with Gasteiger partial charge < -0.3 is 81.0 Å². The van der Waals surface area contributed by atoms with Crippen molar-refractivity contribution in [1.82, 2.24) is 29.7 Å². The number of hydrogen-bond acceptors (Lipinski definition) is 23. The summed E-state index contributed by atoms with van der Waals surface area (Å²) in [6.07, 6.45) is -4.54. The molecule has 0 radical (unpaired) electrons. The average molecular weight is 1250 g/mol. The smallest absolute Gasteiger partial charge is 0.311 e. The Balaban J connectivity index is 0.000000316. The second-order valence-corrected chi connectivity index (χ2v) is 26.2. The van der Waals surface area contributed by atoms with Gasteiger partial charge in [-0.15, -0.1) is 0 Å². The number of carbonyl (C=O) groups is 1.